The Bertz CT molecular complexity index is 1560. The van der Waals surface area contributed by atoms with Gasteiger partial charge < -0.3 is 14.8 Å². The smallest absolute Gasteiger partial charge is 0.123 e. The number of phenolic OH excluding ortho intramolecular Hbond substituents is 1. The Morgan fingerprint density at radius 3 is 1.82 bits per heavy atom. The predicted octanol–water partition coefficient (Wildman–Crippen LogP) is 9.32. The summed E-state index contributed by atoms with van der Waals surface area (Å²) >= 11 is 0. The van der Waals surface area contributed by atoms with Crippen molar-refractivity contribution in [2.45, 2.75) is 58.3 Å². The van der Waals surface area contributed by atoms with Crippen LogP contribution in [0.5, 0.6) is 11.5 Å². The standard InChI is InChI=1S/C36H39NO2/c1-35(2,3)28-21-25(22-29(34(28)38)36(4,5)6)31(23-17-19-26(39-7)20-18-23)32-27-15-11-12-16-30(27)37-33(32)24-13-9-8-10-14-24/h8-22,31,37-38H,1-7H3/t31-/m1/s1. The van der Waals surface area contributed by atoms with Gasteiger partial charge in [0.05, 0.1) is 12.8 Å². The van der Waals surface area contributed by atoms with Gasteiger partial charge in [-0.1, -0.05) is 114 Å². The normalized spacial score (nSPS) is 13.0. The highest BCUT2D eigenvalue weighted by atomic mass is 16.5. The van der Waals surface area contributed by atoms with Crippen LogP contribution < -0.4 is 4.74 Å². The van der Waals surface area contributed by atoms with Gasteiger partial charge in [0.25, 0.3) is 0 Å². The van der Waals surface area contributed by atoms with Crippen LogP contribution in [0, 0.1) is 0 Å². The Hall–Kier alpha value is -3.98. The van der Waals surface area contributed by atoms with Gasteiger partial charge in [0.1, 0.15) is 11.5 Å². The van der Waals surface area contributed by atoms with Gasteiger partial charge in [0, 0.05) is 16.8 Å². The maximum Gasteiger partial charge on any atom is 0.123 e. The summed E-state index contributed by atoms with van der Waals surface area (Å²) in [4.78, 5) is 3.75. The van der Waals surface area contributed by atoms with E-state index in [1.807, 2.05) is 12.1 Å². The zero-order chi connectivity index (χ0) is 27.9. The van der Waals surface area contributed by atoms with Crippen LogP contribution in [0.15, 0.2) is 91.0 Å². The monoisotopic (exact) mass is 517 g/mol. The van der Waals surface area contributed by atoms with Crippen LogP contribution in [0.4, 0.5) is 0 Å². The molecule has 1 aromatic heterocycles. The number of para-hydroxylation sites is 1. The molecule has 0 bridgehead atoms. The molecule has 2 N–H and O–H groups in total. The average Bonchev–Trinajstić information content (AvgIpc) is 3.28. The van der Waals surface area contributed by atoms with E-state index in [2.05, 4.69) is 125 Å². The summed E-state index contributed by atoms with van der Waals surface area (Å²) in [5.74, 6) is 1.15. The van der Waals surface area contributed by atoms with E-state index in [0.29, 0.717) is 5.75 Å². The zero-order valence-corrected chi connectivity index (χ0v) is 24.1. The van der Waals surface area contributed by atoms with E-state index in [9.17, 15) is 5.11 Å². The number of H-pyrrole nitrogens is 1. The second-order valence-corrected chi connectivity index (χ2v) is 12.5. The molecule has 0 aliphatic heterocycles. The van der Waals surface area contributed by atoms with Crippen LogP contribution in [0.25, 0.3) is 22.2 Å². The fourth-order valence-electron chi connectivity index (χ4n) is 5.59. The maximum atomic E-state index is 11.5. The molecule has 0 saturated heterocycles. The molecule has 0 fully saturated rings. The van der Waals surface area contributed by atoms with Crippen molar-refractivity contribution in [1.82, 2.24) is 4.98 Å². The summed E-state index contributed by atoms with van der Waals surface area (Å²) in [7, 11) is 1.70. The summed E-state index contributed by atoms with van der Waals surface area (Å²) < 4.78 is 5.51. The number of phenols is 1. The molecule has 4 aromatic carbocycles. The largest absolute Gasteiger partial charge is 0.507 e. The average molecular weight is 518 g/mol. The van der Waals surface area contributed by atoms with Crippen molar-refractivity contribution in [2.75, 3.05) is 7.11 Å². The minimum absolute atomic E-state index is 0.0786. The van der Waals surface area contributed by atoms with E-state index in [4.69, 9.17) is 4.74 Å². The van der Waals surface area contributed by atoms with Crippen molar-refractivity contribution in [2.24, 2.45) is 0 Å². The van der Waals surface area contributed by atoms with E-state index in [-0.39, 0.29) is 16.7 Å². The Morgan fingerprint density at radius 2 is 1.26 bits per heavy atom. The van der Waals surface area contributed by atoms with E-state index in [0.717, 1.165) is 39.2 Å². The first-order valence-corrected chi connectivity index (χ1v) is 13.7. The highest BCUT2D eigenvalue weighted by Crippen LogP contribution is 2.47. The SMILES string of the molecule is COc1ccc([C@H](c2cc(C(C)(C)C)c(O)c(C(C)(C)C)c2)c2c(-c3ccccc3)[nH]c3ccccc23)cc1. The molecule has 200 valence electrons. The van der Waals surface area contributed by atoms with Gasteiger partial charge in [0.15, 0.2) is 0 Å². The minimum Gasteiger partial charge on any atom is -0.507 e. The number of aromatic amines is 1. The first-order chi connectivity index (χ1) is 18.5. The molecule has 0 spiro atoms. The van der Waals surface area contributed by atoms with E-state index >= 15 is 0 Å². The predicted molar refractivity (Wildman–Crippen MR) is 163 cm³/mol. The topological polar surface area (TPSA) is 45.2 Å². The van der Waals surface area contributed by atoms with Gasteiger partial charge >= 0.3 is 0 Å². The van der Waals surface area contributed by atoms with Crippen LogP contribution in [-0.4, -0.2) is 17.2 Å². The number of rotatable bonds is 5. The van der Waals surface area contributed by atoms with Gasteiger partial charge in [0.2, 0.25) is 0 Å². The number of methoxy groups -OCH3 is 1. The lowest BCUT2D eigenvalue weighted by Gasteiger charge is -2.30. The lowest BCUT2D eigenvalue weighted by atomic mass is 9.74. The van der Waals surface area contributed by atoms with Crippen LogP contribution in [0.3, 0.4) is 0 Å². The van der Waals surface area contributed by atoms with Gasteiger partial charge in [-0.2, -0.15) is 0 Å². The number of hydrogen-bond donors (Lipinski definition) is 2. The third-order valence-electron chi connectivity index (χ3n) is 7.63. The molecule has 5 rings (SSSR count). The number of benzene rings is 4. The van der Waals surface area contributed by atoms with Gasteiger partial charge in [-0.15, -0.1) is 0 Å². The van der Waals surface area contributed by atoms with Crippen LogP contribution >= 0.6 is 0 Å². The van der Waals surface area contributed by atoms with E-state index in [1.54, 1.807) is 7.11 Å². The molecule has 3 heteroatoms. The summed E-state index contributed by atoms with van der Waals surface area (Å²) in [5, 5.41) is 12.7. The number of aromatic nitrogens is 1. The fraction of sp³-hybridized carbons (Fsp3) is 0.278. The van der Waals surface area contributed by atoms with Crippen molar-refractivity contribution in [3.8, 4) is 22.8 Å². The molecular formula is C36H39NO2. The van der Waals surface area contributed by atoms with Crippen LogP contribution in [0.1, 0.15) is 75.3 Å². The number of aromatic hydroxyl groups is 1. The highest BCUT2D eigenvalue weighted by Gasteiger charge is 2.31. The molecule has 39 heavy (non-hydrogen) atoms. The summed E-state index contributed by atoms with van der Waals surface area (Å²) in [6.45, 7) is 13.0. The van der Waals surface area contributed by atoms with Crippen LogP contribution in [-0.2, 0) is 10.8 Å². The van der Waals surface area contributed by atoms with Crippen molar-refractivity contribution in [1.29, 1.82) is 0 Å². The molecule has 0 aliphatic rings. The maximum absolute atomic E-state index is 11.5. The molecule has 0 amide bonds. The Morgan fingerprint density at radius 1 is 0.692 bits per heavy atom. The summed E-state index contributed by atoms with van der Waals surface area (Å²) in [5.41, 5.74) is 8.39. The number of hydrogen-bond acceptors (Lipinski definition) is 2. The summed E-state index contributed by atoms with van der Waals surface area (Å²) in [6, 6.07) is 31.9. The molecule has 5 aromatic rings. The molecule has 0 saturated carbocycles. The Balaban J connectivity index is 1.90. The minimum atomic E-state index is -0.229. The number of nitrogens with one attached hydrogen (secondary N) is 1. The van der Waals surface area contributed by atoms with Gasteiger partial charge in [-0.3, -0.25) is 0 Å². The third kappa shape index (κ3) is 5.06. The first-order valence-electron chi connectivity index (χ1n) is 13.7. The highest BCUT2D eigenvalue weighted by molar-refractivity contribution is 5.92. The Labute approximate surface area is 232 Å². The van der Waals surface area contributed by atoms with Crippen molar-refractivity contribution in [3.63, 3.8) is 0 Å². The van der Waals surface area contributed by atoms with E-state index in [1.165, 1.54) is 16.5 Å². The molecule has 1 atom stereocenters. The van der Waals surface area contributed by atoms with Crippen molar-refractivity contribution < 1.29 is 9.84 Å². The van der Waals surface area contributed by atoms with Crippen LogP contribution in [0.2, 0.25) is 0 Å². The van der Waals surface area contributed by atoms with E-state index < -0.39 is 0 Å². The molecule has 0 aliphatic carbocycles. The fourth-order valence-corrected chi connectivity index (χ4v) is 5.59. The van der Waals surface area contributed by atoms with Gasteiger partial charge in [-0.25, -0.2) is 0 Å². The van der Waals surface area contributed by atoms with Crippen molar-refractivity contribution in [3.05, 3.63) is 119 Å². The summed E-state index contributed by atoms with van der Waals surface area (Å²) in [6.07, 6.45) is 0. The third-order valence-corrected chi connectivity index (χ3v) is 7.63. The molecule has 3 nitrogen and oxygen atoms in total. The second kappa shape index (κ2) is 9.96. The quantitative estimate of drug-likeness (QED) is 0.244. The molecular weight excluding hydrogens is 478 g/mol. The molecule has 0 radical (unpaired) electrons. The zero-order valence-electron chi connectivity index (χ0n) is 24.1. The molecule has 1 heterocycles. The second-order valence-electron chi connectivity index (χ2n) is 12.5. The van der Waals surface area contributed by atoms with Crippen molar-refractivity contribution >= 4 is 10.9 Å². The lowest BCUT2D eigenvalue weighted by Crippen LogP contribution is -2.19. The lowest BCUT2D eigenvalue weighted by molar-refractivity contribution is 0.414. The number of ether oxygens (including phenoxy) is 1. The number of fused-ring (bicyclic) bond motifs is 1. The van der Waals surface area contributed by atoms with Gasteiger partial charge in [-0.05, 0) is 62.4 Å². The molecule has 0 unspecified atom stereocenters. The Kier molecular flexibility index (Phi) is 6.80. The first kappa shape index (κ1) is 26.6.